The standard InChI is InChI=1S/C46H89NO2/c1-6-9-12-14-16-18-20-21-22-24-26-28-32-45(48-37-29-27-25-23-19-17-15-13-10-7-2)40-49-42(5)39-44-35-34-43(46(44)33-11-8-3)38-41(4)31-30-36-47/h43-46H,4-40,47H2,1-3H3. The Morgan fingerprint density at radius 2 is 1.06 bits per heavy atom. The molecule has 0 saturated heterocycles. The van der Waals surface area contributed by atoms with E-state index in [4.69, 9.17) is 15.2 Å². The van der Waals surface area contributed by atoms with Gasteiger partial charge in [0.15, 0.2) is 0 Å². The van der Waals surface area contributed by atoms with Crippen molar-refractivity contribution in [3.63, 3.8) is 0 Å². The van der Waals surface area contributed by atoms with Gasteiger partial charge < -0.3 is 15.2 Å². The second-order valence-electron chi connectivity index (χ2n) is 16.2. The maximum Gasteiger partial charge on any atom is 0.114 e. The number of allylic oxidation sites excluding steroid dienone is 2. The summed E-state index contributed by atoms with van der Waals surface area (Å²) < 4.78 is 13.0. The molecule has 0 aromatic heterocycles. The van der Waals surface area contributed by atoms with Gasteiger partial charge in [-0.3, -0.25) is 0 Å². The first-order chi connectivity index (χ1) is 24.0. The summed E-state index contributed by atoms with van der Waals surface area (Å²) in [6.07, 6.45) is 42.6. The summed E-state index contributed by atoms with van der Waals surface area (Å²) in [7, 11) is 0. The Balaban J connectivity index is 2.45. The molecule has 3 nitrogen and oxygen atoms in total. The average molecular weight is 688 g/mol. The second-order valence-corrected chi connectivity index (χ2v) is 16.2. The van der Waals surface area contributed by atoms with Crippen molar-refractivity contribution >= 4 is 0 Å². The molecule has 0 aromatic rings. The fourth-order valence-electron chi connectivity index (χ4n) is 8.31. The van der Waals surface area contributed by atoms with Crippen LogP contribution >= 0.6 is 0 Å². The minimum Gasteiger partial charge on any atom is -0.496 e. The van der Waals surface area contributed by atoms with Crippen LogP contribution in [0.25, 0.3) is 0 Å². The Morgan fingerprint density at radius 3 is 1.57 bits per heavy atom. The van der Waals surface area contributed by atoms with Crippen molar-refractivity contribution in [1.29, 1.82) is 0 Å². The molecular weight excluding hydrogens is 599 g/mol. The number of rotatable bonds is 38. The summed E-state index contributed by atoms with van der Waals surface area (Å²) in [5.74, 6) is 3.25. The molecule has 3 heteroatoms. The van der Waals surface area contributed by atoms with E-state index in [1.165, 1.54) is 185 Å². The molecule has 0 aliphatic heterocycles. The molecule has 0 spiro atoms. The highest BCUT2D eigenvalue weighted by Crippen LogP contribution is 2.46. The predicted molar refractivity (Wildman–Crippen MR) is 218 cm³/mol. The zero-order valence-electron chi connectivity index (χ0n) is 33.9. The van der Waals surface area contributed by atoms with E-state index < -0.39 is 0 Å². The highest BCUT2D eigenvalue weighted by molar-refractivity contribution is 5.01. The van der Waals surface area contributed by atoms with E-state index >= 15 is 0 Å². The fraction of sp³-hybridized carbons (Fsp3) is 0.913. The lowest BCUT2D eigenvalue weighted by molar-refractivity contribution is -0.00785. The Bertz CT molecular complexity index is 735. The normalized spacial score (nSPS) is 18.2. The molecule has 1 saturated carbocycles. The van der Waals surface area contributed by atoms with Gasteiger partial charge in [-0.15, -0.1) is 0 Å². The number of hydrogen-bond acceptors (Lipinski definition) is 3. The molecule has 4 unspecified atom stereocenters. The van der Waals surface area contributed by atoms with Gasteiger partial charge in [0.05, 0.1) is 11.9 Å². The van der Waals surface area contributed by atoms with Crippen LogP contribution in [0.3, 0.4) is 0 Å². The molecule has 4 atom stereocenters. The van der Waals surface area contributed by atoms with Gasteiger partial charge in [-0.05, 0) is 75.7 Å². The first kappa shape index (κ1) is 46.2. The topological polar surface area (TPSA) is 44.5 Å². The minimum atomic E-state index is 0.205. The Hall–Kier alpha value is -0.800. The van der Waals surface area contributed by atoms with Crippen molar-refractivity contribution in [2.75, 3.05) is 19.8 Å². The van der Waals surface area contributed by atoms with Crippen molar-refractivity contribution in [1.82, 2.24) is 0 Å². The average Bonchev–Trinajstić information content (AvgIpc) is 3.47. The molecule has 0 amide bonds. The summed E-state index contributed by atoms with van der Waals surface area (Å²) in [5, 5.41) is 0. The van der Waals surface area contributed by atoms with Crippen LogP contribution in [0.15, 0.2) is 24.5 Å². The Morgan fingerprint density at radius 1 is 0.592 bits per heavy atom. The Labute approximate surface area is 308 Å². The molecule has 2 N–H and O–H groups in total. The molecule has 1 aliphatic rings. The SMILES string of the molecule is C=C(CCCN)CC1CCC(CC(=C)OCC(CCCCCCCCCCCCCC)OCCCCCCCCCCCC)C1CCCC. The molecule has 0 radical (unpaired) electrons. The minimum absolute atomic E-state index is 0.205. The zero-order valence-corrected chi connectivity index (χ0v) is 33.9. The highest BCUT2D eigenvalue weighted by atomic mass is 16.5. The molecule has 1 aliphatic carbocycles. The first-order valence-corrected chi connectivity index (χ1v) is 22.3. The summed E-state index contributed by atoms with van der Waals surface area (Å²) in [6.45, 7) is 18.1. The van der Waals surface area contributed by atoms with Crippen LogP contribution in [0.1, 0.15) is 226 Å². The molecule has 290 valence electrons. The molecular formula is C46H89NO2. The van der Waals surface area contributed by atoms with E-state index in [1.807, 2.05) is 0 Å². The van der Waals surface area contributed by atoms with Gasteiger partial charge in [0.25, 0.3) is 0 Å². The van der Waals surface area contributed by atoms with E-state index in [1.54, 1.807) is 0 Å². The van der Waals surface area contributed by atoms with Crippen LogP contribution in [0.4, 0.5) is 0 Å². The summed E-state index contributed by atoms with van der Waals surface area (Å²) >= 11 is 0. The molecule has 49 heavy (non-hydrogen) atoms. The van der Waals surface area contributed by atoms with Gasteiger partial charge in [-0.25, -0.2) is 0 Å². The predicted octanol–water partition coefficient (Wildman–Crippen LogP) is 14.8. The van der Waals surface area contributed by atoms with Crippen LogP contribution in [-0.4, -0.2) is 25.9 Å². The van der Waals surface area contributed by atoms with Crippen LogP contribution in [0.2, 0.25) is 0 Å². The lowest BCUT2D eigenvalue weighted by Gasteiger charge is -2.27. The third-order valence-electron chi connectivity index (χ3n) is 11.5. The van der Waals surface area contributed by atoms with E-state index in [-0.39, 0.29) is 6.10 Å². The van der Waals surface area contributed by atoms with Gasteiger partial charge in [0.1, 0.15) is 6.61 Å². The second kappa shape index (κ2) is 34.3. The van der Waals surface area contributed by atoms with Crippen molar-refractivity contribution in [2.45, 2.75) is 232 Å². The third-order valence-corrected chi connectivity index (χ3v) is 11.5. The van der Waals surface area contributed by atoms with Crippen molar-refractivity contribution in [3.8, 4) is 0 Å². The van der Waals surface area contributed by atoms with E-state index in [9.17, 15) is 0 Å². The zero-order chi connectivity index (χ0) is 35.6. The first-order valence-electron chi connectivity index (χ1n) is 22.3. The Kier molecular flexibility index (Phi) is 32.3. The summed E-state index contributed by atoms with van der Waals surface area (Å²) in [4.78, 5) is 0. The number of hydrogen-bond donors (Lipinski definition) is 1. The van der Waals surface area contributed by atoms with Crippen LogP contribution in [-0.2, 0) is 9.47 Å². The van der Waals surface area contributed by atoms with Gasteiger partial charge in [-0.1, -0.05) is 187 Å². The van der Waals surface area contributed by atoms with Gasteiger partial charge in [0, 0.05) is 13.0 Å². The van der Waals surface area contributed by atoms with Gasteiger partial charge in [-0.2, -0.15) is 0 Å². The third kappa shape index (κ3) is 26.6. The van der Waals surface area contributed by atoms with E-state index in [0.717, 1.165) is 56.4 Å². The summed E-state index contributed by atoms with van der Waals surface area (Å²) in [6, 6.07) is 0. The van der Waals surface area contributed by atoms with E-state index in [2.05, 4.69) is 33.9 Å². The van der Waals surface area contributed by atoms with Gasteiger partial charge >= 0.3 is 0 Å². The maximum absolute atomic E-state index is 6.52. The number of nitrogens with two attached hydrogens (primary N) is 1. The quantitative estimate of drug-likeness (QED) is 0.0399. The summed E-state index contributed by atoms with van der Waals surface area (Å²) in [5.41, 5.74) is 7.19. The smallest absolute Gasteiger partial charge is 0.114 e. The van der Waals surface area contributed by atoms with Crippen LogP contribution in [0, 0.1) is 17.8 Å². The monoisotopic (exact) mass is 688 g/mol. The van der Waals surface area contributed by atoms with Crippen LogP contribution in [0.5, 0.6) is 0 Å². The fourth-order valence-corrected chi connectivity index (χ4v) is 8.31. The molecule has 1 fully saturated rings. The number of ether oxygens (including phenoxy) is 2. The van der Waals surface area contributed by atoms with Crippen molar-refractivity contribution < 1.29 is 9.47 Å². The van der Waals surface area contributed by atoms with E-state index in [0.29, 0.717) is 12.5 Å². The van der Waals surface area contributed by atoms with Crippen molar-refractivity contribution in [2.24, 2.45) is 23.5 Å². The van der Waals surface area contributed by atoms with Crippen LogP contribution < -0.4 is 5.73 Å². The number of unbranched alkanes of at least 4 members (excludes halogenated alkanes) is 21. The largest absolute Gasteiger partial charge is 0.496 e. The lowest BCUT2D eigenvalue weighted by Crippen LogP contribution is -2.22. The molecule has 0 heterocycles. The molecule has 1 rings (SSSR count). The van der Waals surface area contributed by atoms with Gasteiger partial charge in [0.2, 0.25) is 0 Å². The highest BCUT2D eigenvalue weighted by Gasteiger charge is 2.36. The molecule has 0 aromatic carbocycles. The van der Waals surface area contributed by atoms with Crippen molar-refractivity contribution in [3.05, 3.63) is 24.5 Å². The maximum atomic E-state index is 6.52. The molecule has 0 bridgehead atoms. The lowest BCUT2D eigenvalue weighted by atomic mass is 9.80.